The Morgan fingerprint density at radius 2 is 2.20 bits per heavy atom. The van der Waals surface area contributed by atoms with E-state index in [1.165, 1.54) is 0 Å². The molecule has 1 heterocycles. The second kappa shape index (κ2) is 5.69. The molecule has 1 amide bonds. The fourth-order valence-corrected chi connectivity index (χ4v) is 1.54. The average Bonchev–Trinajstić information content (AvgIpc) is 2.20. The van der Waals surface area contributed by atoms with Crippen LogP contribution in [0.1, 0.15) is 33.1 Å². The smallest absolute Gasteiger partial charge is 0.222 e. The quantitative estimate of drug-likeness (QED) is 0.662. The molecule has 15 heavy (non-hydrogen) atoms. The van der Waals surface area contributed by atoms with Gasteiger partial charge in [0.05, 0.1) is 0 Å². The first-order valence-corrected chi connectivity index (χ1v) is 5.59. The molecule has 0 atom stereocenters. The van der Waals surface area contributed by atoms with Gasteiger partial charge in [-0.15, -0.1) is 0 Å². The topological polar surface area (TPSA) is 37.4 Å². The van der Waals surface area contributed by atoms with Gasteiger partial charge in [0.25, 0.3) is 0 Å². The standard InChI is InChI=1S/C12H19NO2/c1-10(2)11(14)6-5-9-13-8-4-3-7-12(13)15/h5-6,10H,3-4,7-9H2,1-2H3/b6-5+. The van der Waals surface area contributed by atoms with Crippen LogP contribution in [0, 0.1) is 5.92 Å². The van der Waals surface area contributed by atoms with Crippen molar-refractivity contribution < 1.29 is 9.59 Å². The van der Waals surface area contributed by atoms with Crippen molar-refractivity contribution in [3.05, 3.63) is 12.2 Å². The summed E-state index contributed by atoms with van der Waals surface area (Å²) in [4.78, 5) is 24.5. The summed E-state index contributed by atoms with van der Waals surface area (Å²) in [5, 5.41) is 0. The Hall–Kier alpha value is -1.12. The third-order valence-corrected chi connectivity index (χ3v) is 2.60. The number of amides is 1. The van der Waals surface area contributed by atoms with E-state index in [1.54, 1.807) is 12.2 Å². The van der Waals surface area contributed by atoms with Gasteiger partial charge in [-0.1, -0.05) is 19.9 Å². The number of ketones is 1. The number of hydrogen-bond donors (Lipinski definition) is 0. The van der Waals surface area contributed by atoms with Crippen LogP contribution in [-0.2, 0) is 9.59 Å². The van der Waals surface area contributed by atoms with Gasteiger partial charge in [0.15, 0.2) is 5.78 Å². The van der Waals surface area contributed by atoms with Crippen LogP contribution in [0.15, 0.2) is 12.2 Å². The van der Waals surface area contributed by atoms with Crippen molar-refractivity contribution in [2.45, 2.75) is 33.1 Å². The van der Waals surface area contributed by atoms with Gasteiger partial charge in [0.2, 0.25) is 5.91 Å². The maximum absolute atomic E-state index is 11.4. The molecule has 1 fully saturated rings. The van der Waals surface area contributed by atoms with E-state index in [4.69, 9.17) is 0 Å². The molecule has 0 aromatic heterocycles. The van der Waals surface area contributed by atoms with Crippen molar-refractivity contribution in [2.24, 2.45) is 5.92 Å². The lowest BCUT2D eigenvalue weighted by Crippen LogP contribution is -2.35. The molecule has 84 valence electrons. The first-order chi connectivity index (χ1) is 7.11. The molecule has 1 aliphatic heterocycles. The van der Waals surface area contributed by atoms with Gasteiger partial charge in [0, 0.05) is 25.4 Å². The van der Waals surface area contributed by atoms with Crippen molar-refractivity contribution in [3.8, 4) is 0 Å². The molecule has 1 rings (SSSR count). The molecule has 3 nitrogen and oxygen atoms in total. The van der Waals surface area contributed by atoms with Crippen molar-refractivity contribution >= 4 is 11.7 Å². The minimum absolute atomic E-state index is 0.0401. The van der Waals surface area contributed by atoms with Gasteiger partial charge in [-0.2, -0.15) is 0 Å². The molecule has 0 aromatic carbocycles. The highest BCUT2D eigenvalue weighted by atomic mass is 16.2. The average molecular weight is 209 g/mol. The lowest BCUT2D eigenvalue weighted by molar-refractivity contribution is -0.132. The van der Waals surface area contributed by atoms with Crippen LogP contribution >= 0.6 is 0 Å². The number of likely N-dealkylation sites (tertiary alicyclic amines) is 1. The Labute approximate surface area is 91.1 Å². The molecule has 0 N–H and O–H groups in total. The second-order valence-electron chi connectivity index (χ2n) is 4.26. The van der Waals surface area contributed by atoms with Crippen LogP contribution in [0.25, 0.3) is 0 Å². The molecule has 3 heteroatoms. The summed E-state index contributed by atoms with van der Waals surface area (Å²) in [7, 11) is 0. The molecule has 0 radical (unpaired) electrons. The number of hydrogen-bond acceptors (Lipinski definition) is 2. The SMILES string of the molecule is CC(C)C(=O)/C=C/CN1CCCCC1=O. The van der Waals surface area contributed by atoms with Gasteiger partial charge in [-0.25, -0.2) is 0 Å². The van der Waals surface area contributed by atoms with Gasteiger partial charge in [0.1, 0.15) is 0 Å². The fraction of sp³-hybridized carbons (Fsp3) is 0.667. The summed E-state index contributed by atoms with van der Waals surface area (Å²) >= 11 is 0. The second-order valence-corrected chi connectivity index (χ2v) is 4.26. The molecule has 0 spiro atoms. The zero-order valence-electron chi connectivity index (χ0n) is 9.53. The van der Waals surface area contributed by atoms with Gasteiger partial charge < -0.3 is 4.90 Å². The third-order valence-electron chi connectivity index (χ3n) is 2.60. The molecule has 0 bridgehead atoms. The van der Waals surface area contributed by atoms with Crippen molar-refractivity contribution in [1.29, 1.82) is 0 Å². The Morgan fingerprint density at radius 1 is 1.47 bits per heavy atom. The Morgan fingerprint density at radius 3 is 2.80 bits per heavy atom. The lowest BCUT2D eigenvalue weighted by Gasteiger charge is -2.25. The molecule has 0 saturated carbocycles. The summed E-state index contributed by atoms with van der Waals surface area (Å²) in [6.07, 6.45) is 6.13. The van der Waals surface area contributed by atoms with Gasteiger partial charge >= 0.3 is 0 Å². The van der Waals surface area contributed by atoms with E-state index in [0.717, 1.165) is 19.4 Å². The van der Waals surface area contributed by atoms with Crippen LogP contribution < -0.4 is 0 Å². The highest BCUT2D eigenvalue weighted by Crippen LogP contribution is 2.09. The van der Waals surface area contributed by atoms with Crippen LogP contribution in [-0.4, -0.2) is 29.7 Å². The first kappa shape index (κ1) is 12.0. The van der Waals surface area contributed by atoms with Crippen molar-refractivity contribution in [3.63, 3.8) is 0 Å². The Bertz CT molecular complexity index is 269. The molecule has 0 aliphatic carbocycles. The van der Waals surface area contributed by atoms with E-state index in [-0.39, 0.29) is 17.6 Å². The van der Waals surface area contributed by atoms with E-state index in [2.05, 4.69) is 0 Å². The number of carbonyl (C=O) groups is 2. The number of nitrogens with zero attached hydrogens (tertiary/aromatic N) is 1. The summed E-state index contributed by atoms with van der Waals surface area (Å²) in [5.41, 5.74) is 0. The summed E-state index contributed by atoms with van der Waals surface area (Å²) in [6, 6.07) is 0. The van der Waals surface area contributed by atoms with Gasteiger partial charge in [-0.05, 0) is 18.9 Å². The van der Waals surface area contributed by atoms with E-state index in [1.807, 2.05) is 18.7 Å². The van der Waals surface area contributed by atoms with Crippen LogP contribution in [0.4, 0.5) is 0 Å². The van der Waals surface area contributed by atoms with E-state index in [9.17, 15) is 9.59 Å². The maximum Gasteiger partial charge on any atom is 0.222 e. The number of piperidine rings is 1. The van der Waals surface area contributed by atoms with E-state index in [0.29, 0.717) is 13.0 Å². The first-order valence-electron chi connectivity index (χ1n) is 5.59. The fourth-order valence-electron chi connectivity index (χ4n) is 1.54. The van der Waals surface area contributed by atoms with Crippen LogP contribution in [0.3, 0.4) is 0 Å². The number of carbonyl (C=O) groups excluding carboxylic acids is 2. The number of rotatable bonds is 4. The zero-order chi connectivity index (χ0) is 11.3. The summed E-state index contributed by atoms with van der Waals surface area (Å²) in [6.45, 7) is 5.16. The largest absolute Gasteiger partial charge is 0.339 e. The zero-order valence-corrected chi connectivity index (χ0v) is 9.53. The minimum atomic E-state index is 0.0401. The minimum Gasteiger partial charge on any atom is -0.339 e. The predicted molar refractivity (Wildman–Crippen MR) is 59.4 cm³/mol. The van der Waals surface area contributed by atoms with Crippen LogP contribution in [0.5, 0.6) is 0 Å². The molecule has 0 unspecified atom stereocenters. The molecular weight excluding hydrogens is 190 g/mol. The third kappa shape index (κ3) is 3.86. The maximum atomic E-state index is 11.4. The molecule has 1 saturated heterocycles. The van der Waals surface area contributed by atoms with Crippen molar-refractivity contribution in [1.82, 2.24) is 4.90 Å². The van der Waals surface area contributed by atoms with Crippen LogP contribution in [0.2, 0.25) is 0 Å². The van der Waals surface area contributed by atoms with E-state index < -0.39 is 0 Å². The summed E-state index contributed by atoms with van der Waals surface area (Å²) < 4.78 is 0. The molecule has 0 aromatic rings. The molecular formula is C12H19NO2. The summed E-state index contributed by atoms with van der Waals surface area (Å²) in [5.74, 6) is 0.376. The normalized spacial score (nSPS) is 17.8. The molecule has 1 aliphatic rings. The lowest BCUT2D eigenvalue weighted by atomic mass is 10.1. The van der Waals surface area contributed by atoms with Gasteiger partial charge in [-0.3, -0.25) is 9.59 Å². The Balaban J connectivity index is 2.35. The van der Waals surface area contributed by atoms with Crippen molar-refractivity contribution in [2.75, 3.05) is 13.1 Å². The number of allylic oxidation sites excluding steroid dienone is 1. The highest BCUT2D eigenvalue weighted by Gasteiger charge is 2.16. The Kier molecular flexibility index (Phi) is 4.53. The highest BCUT2D eigenvalue weighted by molar-refractivity contribution is 5.91. The predicted octanol–water partition coefficient (Wildman–Crippen LogP) is 1.78. The monoisotopic (exact) mass is 209 g/mol. The van der Waals surface area contributed by atoms with E-state index >= 15 is 0 Å².